The fourth-order valence-electron chi connectivity index (χ4n) is 4.53. The third kappa shape index (κ3) is 14.1. The van der Waals surface area contributed by atoms with E-state index in [9.17, 15) is 40.2 Å². The summed E-state index contributed by atoms with van der Waals surface area (Å²) in [6.45, 7) is 7.16. The van der Waals surface area contributed by atoms with Crippen LogP contribution >= 0.6 is 0 Å². The zero-order valence-corrected chi connectivity index (χ0v) is 25.3. The lowest BCUT2D eigenvalue weighted by Crippen LogP contribution is -2.60. The summed E-state index contributed by atoms with van der Waals surface area (Å²) in [5.41, 5.74) is -0.354. The third-order valence-electron chi connectivity index (χ3n) is 7.41. The normalized spacial score (nSPS) is 25.4. The molecule has 8 N–H and O–H groups in total. The minimum Gasteiger partial charge on any atom is -0.394 e. The van der Waals surface area contributed by atoms with E-state index in [1.54, 1.807) is 6.92 Å². The van der Waals surface area contributed by atoms with Gasteiger partial charge in [-0.2, -0.15) is 0 Å². The Morgan fingerprint density at radius 2 is 1.44 bits per heavy atom. The van der Waals surface area contributed by atoms with Crippen LogP contribution in [0.4, 0.5) is 0 Å². The Labute approximate surface area is 244 Å². The molecule has 242 valence electrons. The van der Waals surface area contributed by atoms with E-state index in [0.29, 0.717) is 13.0 Å². The van der Waals surface area contributed by atoms with Gasteiger partial charge in [-0.3, -0.25) is 9.59 Å². The summed E-state index contributed by atoms with van der Waals surface area (Å²) in [5, 5.41) is 65.7. The van der Waals surface area contributed by atoms with Gasteiger partial charge < -0.3 is 50.7 Å². The smallest absolute Gasteiger partial charge is 0.225 e. The maximum absolute atomic E-state index is 12.6. The SMILES string of the molecule is CC[C@@H](O)C(O)[C@H](CO[C@H]1OC(CO)[C@H](O)C(O)C1O)NC(=O)CCCCCCCCCCCNC(=O)C(C)(C)C. The average molecular weight is 593 g/mol. The first-order valence-electron chi connectivity index (χ1n) is 15.2. The molecule has 0 aromatic heterocycles. The van der Waals surface area contributed by atoms with E-state index in [1.165, 1.54) is 0 Å². The minimum atomic E-state index is -1.61. The van der Waals surface area contributed by atoms with Crippen molar-refractivity contribution in [1.29, 1.82) is 0 Å². The van der Waals surface area contributed by atoms with Crippen molar-refractivity contribution in [3.8, 4) is 0 Å². The van der Waals surface area contributed by atoms with Crippen molar-refractivity contribution >= 4 is 11.8 Å². The van der Waals surface area contributed by atoms with Crippen molar-refractivity contribution in [2.24, 2.45) is 5.41 Å². The fourth-order valence-corrected chi connectivity index (χ4v) is 4.53. The van der Waals surface area contributed by atoms with Crippen LogP contribution < -0.4 is 10.6 Å². The fraction of sp³-hybridized carbons (Fsp3) is 0.931. The number of carbonyl (C=O) groups is 2. The molecule has 1 aliphatic heterocycles. The van der Waals surface area contributed by atoms with Gasteiger partial charge >= 0.3 is 0 Å². The van der Waals surface area contributed by atoms with Crippen molar-refractivity contribution in [2.45, 2.75) is 147 Å². The lowest BCUT2D eigenvalue weighted by molar-refractivity contribution is -0.303. The zero-order valence-electron chi connectivity index (χ0n) is 25.3. The molecule has 1 saturated heterocycles. The molecule has 12 heteroatoms. The topological polar surface area (TPSA) is 198 Å². The van der Waals surface area contributed by atoms with Gasteiger partial charge in [-0.1, -0.05) is 72.6 Å². The molecule has 0 aliphatic carbocycles. The molecule has 12 nitrogen and oxygen atoms in total. The van der Waals surface area contributed by atoms with Crippen molar-refractivity contribution in [2.75, 3.05) is 19.8 Å². The molecular weight excluding hydrogens is 536 g/mol. The highest BCUT2D eigenvalue weighted by Crippen LogP contribution is 2.22. The monoisotopic (exact) mass is 592 g/mol. The molecule has 1 aliphatic rings. The second-order valence-electron chi connectivity index (χ2n) is 12.1. The van der Waals surface area contributed by atoms with Crippen LogP contribution in [0.1, 0.15) is 98.3 Å². The summed E-state index contributed by atoms with van der Waals surface area (Å²) in [4.78, 5) is 24.4. The summed E-state index contributed by atoms with van der Waals surface area (Å²) >= 11 is 0. The summed E-state index contributed by atoms with van der Waals surface area (Å²) in [6.07, 6.45) is -0.188. The van der Waals surface area contributed by atoms with Gasteiger partial charge in [0.1, 0.15) is 30.5 Å². The molecule has 41 heavy (non-hydrogen) atoms. The van der Waals surface area contributed by atoms with Crippen molar-refractivity contribution in [3.05, 3.63) is 0 Å². The number of carbonyl (C=O) groups excluding carboxylic acids is 2. The van der Waals surface area contributed by atoms with Crippen LogP contribution in [-0.2, 0) is 19.1 Å². The van der Waals surface area contributed by atoms with Crippen molar-refractivity contribution < 1.29 is 49.7 Å². The zero-order chi connectivity index (χ0) is 31.0. The van der Waals surface area contributed by atoms with Gasteiger partial charge in [0.25, 0.3) is 0 Å². The molecule has 0 saturated carbocycles. The Morgan fingerprint density at radius 3 is 1.98 bits per heavy atom. The molecule has 0 aromatic carbocycles. The Balaban J connectivity index is 2.30. The van der Waals surface area contributed by atoms with E-state index in [-0.39, 0.29) is 36.7 Å². The molecule has 0 aromatic rings. The lowest BCUT2D eigenvalue weighted by Gasteiger charge is -2.40. The number of amides is 2. The first-order chi connectivity index (χ1) is 19.3. The highest BCUT2D eigenvalue weighted by Gasteiger charge is 2.44. The van der Waals surface area contributed by atoms with Crippen LogP contribution in [0.15, 0.2) is 0 Å². The summed E-state index contributed by atoms with van der Waals surface area (Å²) in [6, 6.07) is -1.01. The number of aliphatic hydroxyl groups excluding tert-OH is 6. The Bertz CT molecular complexity index is 733. The van der Waals surface area contributed by atoms with E-state index in [0.717, 1.165) is 51.4 Å². The van der Waals surface area contributed by atoms with Gasteiger partial charge in [0.2, 0.25) is 11.8 Å². The molecule has 0 spiro atoms. The number of unbranched alkanes of at least 4 members (excludes halogenated alkanes) is 8. The van der Waals surface area contributed by atoms with Gasteiger partial charge in [0.05, 0.1) is 25.4 Å². The molecule has 1 fully saturated rings. The molecule has 0 bridgehead atoms. The quantitative estimate of drug-likeness (QED) is 0.0921. The molecular formula is C29H56N2O10. The molecule has 2 amide bonds. The first kappa shape index (κ1) is 37.6. The number of hydrogen-bond acceptors (Lipinski definition) is 10. The maximum atomic E-state index is 12.6. The largest absolute Gasteiger partial charge is 0.394 e. The number of ether oxygens (including phenoxy) is 2. The van der Waals surface area contributed by atoms with Gasteiger partial charge in [-0.25, -0.2) is 0 Å². The van der Waals surface area contributed by atoms with Gasteiger partial charge in [0.15, 0.2) is 6.29 Å². The predicted octanol–water partition coefficient (Wildman–Crippen LogP) is 0.483. The van der Waals surface area contributed by atoms with Crippen LogP contribution in [0.5, 0.6) is 0 Å². The molecule has 8 atom stereocenters. The Hall–Kier alpha value is -1.38. The van der Waals surface area contributed by atoms with Crippen LogP contribution in [0.2, 0.25) is 0 Å². The maximum Gasteiger partial charge on any atom is 0.225 e. The minimum absolute atomic E-state index is 0.0813. The summed E-state index contributed by atoms with van der Waals surface area (Å²) in [7, 11) is 0. The van der Waals surface area contributed by atoms with E-state index in [2.05, 4.69) is 10.6 Å². The van der Waals surface area contributed by atoms with Crippen LogP contribution in [0.3, 0.4) is 0 Å². The van der Waals surface area contributed by atoms with Crippen molar-refractivity contribution in [3.63, 3.8) is 0 Å². The standard InChI is InChI=1S/C29H56N2O10/c1-5-20(33)23(35)19(18-40-27-26(38)25(37)24(36)21(17-32)41-27)31-22(34)15-13-11-9-7-6-8-10-12-14-16-30-28(39)29(2,3)4/h19-21,23-27,32-33,35-38H,5-18H2,1-4H3,(H,30,39)(H,31,34)/t19-,20+,21?,23?,24-,25?,26?,27-/m0/s1. The Morgan fingerprint density at radius 1 is 0.878 bits per heavy atom. The second-order valence-corrected chi connectivity index (χ2v) is 12.1. The number of nitrogens with one attached hydrogen (secondary N) is 2. The third-order valence-corrected chi connectivity index (χ3v) is 7.41. The van der Waals surface area contributed by atoms with Crippen molar-refractivity contribution in [1.82, 2.24) is 10.6 Å². The second kappa shape index (κ2) is 19.7. The predicted molar refractivity (Wildman–Crippen MR) is 153 cm³/mol. The number of rotatable bonds is 20. The summed E-state index contributed by atoms with van der Waals surface area (Å²) < 4.78 is 10.8. The van der Waals surface area contributed by atoms with E-state index >= 15 is 0 Å². The van der Waals surface area contributed by atoms with Crippen LogP contribution in [0, 0.1) is 5.41 Å². The Kier molecular flexibility index (Phi) is 18.1. The molecule has 1 rings (SSSR count). The molecule has 0 radical (unpaired) electrons. The van der Waals surface area contributed by atoms with Gasteiger partial charge in [0, 0.05) is 18.4 Å². The summed E-state index contributed by atoms with van der Waals surface area (Å²) in [5.74, 6) is -0.230. The van der Waals surface area contributed by atoms with Gasteiger partial charge in [-0.05, 0) is 19.3 Å². The van der Waals surface area contributed by atoms with Crippen LogP contribution in [-0.4, -0.2) is 111 Å². The lowest BCUT2D eigenvalue weighted by atomic mass is 9.96. The highest BCUT2D eigenvalue weighted by atomic mass is 16.7. The molecule has 1 heterocycles. The van der Waals surface area contributed by atoms with E-state index in [4.69, 9.17) is 9.47 Å². The molecule has 4 unspecified atom stereocenters. The number of hydrogen-bond donors (Lipinski definition) is 8. The average Bonchev–Trinajstić information content (AvgIpc) is 2.93. The van der Waals surface area contributed by atoms with Gasteiger partial charge in [-0.15, -0.1) is 0 Å². The first-order valence-corrected chi connectivity index (χ1v) is 15.2. The van der Waals surface area contributed by atoms with E-state index < -0.39 is 55.6 Å². The highest BCUT2D eigenvalue weighted by molar-refractivity contribution is 5.81. The number of aliphatic hydroxyl groups is 6. The van der Waals surface area contributed by atoms with E-state index in [1.807, 2.05) is 20.8 Å². The van der Waals surface area contributed by atoms with Crippen LogP contribution in [0.25, 0.3) is 0 Å².